The number of anilines is 2. The third-order valence-electron chi connectivity index (χ3n) is 6.16. The first-order chi connectivity index (χ1) is 19.7. The van der Waals surface area contributed by atoms with Gasteiger partial charge in [-0.2, -0.15) is 0 Å². The molecule has 0 bridgehead atoms. The number of hydrogen-bond acceptors (Lipinski definition) is 8. The van der Waals surface area contributed by atoms with E-state index in [1.165, 1.54) is 36.3 Å². The summed E-state index contributed by atoms with van der Waals surface area (Å²) in [6.07, 6.45) is -0.330. The van der Waals surface area contributed by atoms with Gasteiger partial charge >= 0.3 is 5.97 Å². The molecule has 0 aliphatic carbocycles. The van der Waals surface area contributed by atoms with Crippen LogP contribution >= 0.6 is 12.2 Å². The Kier molecular flexibility index (Phi) is 9.15. The highest BCUT2D eigenvalue weighted by Crippen LogP contribution is 2.28. The van der Waals surface area contributed by atoms with Gasteiger partial charge in [0, 0.05) is 11.3 Å². The molecular weight excluding hydrogens is 548 g/mol. The SMILES string of the molecule is CCOC(=O)c1ccc(NC(=O)CC2C(=O)N(c3ccc(OC)cc3)C(=S)N2NC(=O)c2cccc(OC)c2)cc1. The predicted octanol–water partition coefficient (Wildman–Crippen LogP) is 3.56. The van der Waals surface area contributed by atoms with E-state index >= 15 is 0 Å². The van der Waals surface area contributed by atoms with Crippen LogP contribution in [0.5, 0.6) is 11.5 Å². The van der Waals surface area contributed by atoms with Crippen LogP contribution in [0.3, 0.4) is 0 Å². The van der Waals surface area contributed by atoms with Crippen molar-refractivity contribution < 1.29 is 33.4 Å². The van der Waals surface area contributed by atoms with Crippen molar-refractivity contribution in [1.29, 1.82) is 0 Å². The second-order valence-corrected chi connectivity index (χ2v) is 9.13. The minimum Gasteiger partial charge on any atom is -0.497 e. The Labute approximate surface area is 241 Å². The van der Waals surface area contributed by atoms with Gasteiger partial charge in [0.25, 0.3) is 11.8 Å². The fourth-order valence-corrected chi connectivity index (χ4v) is 4.47. The highest BCUT2D eigenvalue weighted by atomic mass is 32.1. The number of carbonyl (C=O) groups is 4. The molecule has 0 aromatic heterocycles. The fraction of sp³-hybridized carbons (Fsp3) is 0.207. The molecule has 2 N–H and O–H groups in total. The van der Waals surface area contributed by atoms with Gasteiger partial charge in [-0.3, -0.25) is 24.7 Å². The highest BCUT2D eigenvalue weighted by molar-refractivity contribution is 7.80. The van der Waals surface area contributed by atoms with Gasteiger partial charge in [0.05, 0.1) is 38.5 Å². The van der Waals surface area contributed by atoms with Crippen molar-refractivity contribution in [2.75, 3.05) is 31.0 Å². The summed E-state index contributed by atoms with van der Waals surface area (Å²) in [7, 11) is 3.01. The zero-order chi connectivity index (χ0) is 29.5. The van der Waals surface area contributed by atoms with Crippen molar-refractivity contribution in [1.82, 2.24) is 10.4 Å². The molecule has 212 valence electrons. The van der Waals surface area contributed by atoms with Crippen LogP contribution in [-0.2, 0) is 14.3 Å². The first kappa shape index (κ1) is 29.0. The molecule has 1 aliphatic heterocycles. The number of amides is 3. The van der Waals surface area contributed by atoms with E-state index in [0.717, 1.165) is 0 Å². The molecule has 4 rings (SSSR count). The van der Waals surface area contributed by atoms with Crippen LogP contribution in [0.2, 0.25) is 0 Å². The molecule has 1 unspecified atom stereocenters. The quantitative estimate of drug-likeness (QED) is 0.275. The molecule has 41 heavy (non-hydrogen) atoms. The Morgan fingerprint density at radius 1 is 0.902 bits per heavy atom. The first-order valence-electron chi connectivity index (χ1n) is 12.6. The van der Waals surface area contributed by atoms with E-state index in [1.54, 1.807) is 67.6 Å². The van der Waals surface area contributed by atoms with Crippen molar-refractivity contribution in [2.45, 2.75) is 19.4 Å². The van der Waals surface area contributed by atoms with Crippen LogP contribution in [0.4, 0.5) is 11.4 Å². The van der Waals surface area contributed by atoms with Gasteiger partial charge in [0.1, 0.15) is 17.5 Å². The number of nitrogens with one attached hydrogen (secondary N) is 2. The van der Waals surface area contributed by atoms with E-state index in [0.29, 0.717) is 28.4 Å². The predicted molar refractivity (Wildman–Crippen MR) is 155 cm³/mol. The fourth-order valence-electron chi connectivity index (χ4n) is 4.10. The van der Waals surface area contributed by atoms with E-state index in [2.05, 4.69) is 10.7 Å². The van der Waals surface area contributed by atoms with Gasteiger partial charge in [0.2, 0.25) is 11.0 Å². The lowest BCUT2D eigenvalue weighted by Gasteiger charge is -2.24. The number of hydrogen-bond donors (Lipinski definition) is 2. The van der Waals surface area contributed by atoms with E-state index in [9.17, 15) is 19.2 Å². The van der Waals surface area contributed by atoms with E-state index < -0.39 is 29.7 Å². The third-order valence-corrected chi connectivity index (χ3v) is 6.54. The number of carbonyl (C=O) groups excluding carboxylic acids is 4. The van der Waals surface area contributed by atoms with E-state index in [4.69, 9.17) is 26.4 Å². The van der Waals surface area contributed by atoms with Gasteiger partial charge in [-0.05, 0) is 85.9 Å². The summed E-state index contributed by atoms with van der Waals surface area (Å²) >= 11 is 5.60. The Balaban J connectivity index is 1.56. The van der Waals surface area contributed by atoms with Crippen LogP contribution in [0.1, 0.15) is 34.1 Å². The van der Waals surface area contributed by atoms with Gasteiger partial charge in [-0.25, -0.2) is 9.80 Å². The molecule has 3 amide bonds. The normalized spacial score (nSPS) is 14.5. The molecule has 3 aromatic carbocycles. The monoisotopic (exact) mass is 576 g/mol. The Morgan fingerprint density at radius 2 is 1.59 bits per heavy atom. The number of hydrazine groups is 1. The van der Waals surface area contributed by atoms with Crippen LogP contribution in [0.25, 0.3) is 0 Å². The molecule has 1 heterocycles. The van der Waals surface area contributed by atoms with Crippen molar-refractivity contribution in [3.05, 3.63) is 83.9 Å². The smallest absolute Gasteiger partial charge is 0.338 e. The number of rotatable bonds is 10. The maximum Gasteiger partial charge on any atom is 0.338 e. The Morgan fingerprint density at radius 3 is 2.22 bits per heavy atom. The number of benzene rings is 3. The summed E-state index contributed by atoms with van der Waals surface area (Å²) in [4.78, 5) is 53.0. The zero-order valence-electron chi connectivity index (χ0n) is 22.6. The molecule has 0 spiro atoms. The average molecular weight is 577 g/mol. The molecule has 1 saturated heterocycles. The largest absolute Gasteiger partial charge is 0.497 e. The molecular formula is C29H28N4O7S. The van der Waals surface area contributed by atoms with Crippen LogP contribution in [0, 0.1) is 0 Å². The van der Waals surface area contributed by atoms with Crippen LogP contribution in [-0.4, -0.2) is 60.7 Å². The molecule has 0 saturated carbocycles. The lowest BCUT2D eigenvalue weighted by atomic mass is 10.1. The van der Waals surface area contributed by atoms with Gasteiger partial charge in [0.15, 0.2) is 0 Å². The molecule has 1 aliphatic rings. The van der Waals surface area contributed by atoms with Crippen LogP contribution in [0.15, 0.2) is 72.8 Å². The maximum absolute atomic E-state index is 13.6. The molecule has 12 heteroatoms. The number of ether oxygens (including phenoxy) is 3. The Hall–Kier alpha value is -4.97. The van der Waals surface area contributed by atoms with Crippen molar-refractivity contribution >= 4 is 52.4 Å². The van der Waals surface area contributed by atoms with Crippen molar-refractivity contribution in [3.8, 4) is 11.5 Å². The highest BCUT2D eigenvalue weighted by Gasteiger charge is 2.45. The van der Waals surface area contributed by atoms with Gasteiger partial charge < -0.3 is 19.5 Å². The summed E-state index contributed by atoms with van der Waals surface area (Å²) in [6.45, 7) is 1.95. The standard InChI is InChI=1S/C29H28N4O7S/c1-4-40-28(37)18-8-10-20(11-9-18)30-25(34)17-24-27(36)32(21-12-14-22(38-2)15-13-21)29(41)33(24)31-26(35)19-6-5-7-23(16-19)39-3/h5-16,24H,4,17H2,1-3H3,(H,30,34)(H,31,35). The molecule has 11 nitrogen and oxygen atoms in total. The minimum absolute atomic E-state index is 0.00648. The molecule has 0 radical (unpaired) electrons. The summed E-state index contributed by atoms with van der Waals surface area (Å²) in [5, 5.41) is 3.92. The number of nitrogens with zero attached hydrogens (tertiary/aromatic N) is 2. The van der Waals surface area contributed by atoms with Gasteiger partial charge in [-0.15, -0.1) is 0 Å². The summed E-state index contributed by atoms with van der Waals surface area (Å²) in [5.41, 5.74) is 4.14. The third kappa shape index (κ3) is 6.61. The summed E-state index contributed by atoms with van der Waals surface area (Å²) < 4.78 is 15.4. The van der Waals surface area contributed by atoms with Crippen molar-refractivity contribution in [2.24, 2.45) is 0 Å². The maximum atomic E-state index is 13.6. The molecule has 3 aromatic rings. The lowest BCUT2D eigenvalue weighted by Crippen LogP contribution is -2.49. The second kappa shape index (κ2) is 12.9. The first-order valence-corrected chi connectivity index (χ1v) is 13.0. The summed E-state index contributed by atoms with van der Waals surface area (Å²) in [5.74, 6) is -0.972. The number of thiocarbonyl (C=S) groups is 1. The van der Waals surface area contributed by atoms with Crippen LogP contribution < -0.4 is 25.1 Å². The topological polar surface area (TPSA) is 127 Å². The zero-order valence-corrected chi connectivity index (χ0v) is 23.4. The number of methoxy groups -OCH3 is 2. The van der Waals surface area contributed by atoms with Crippen molar-refractivity contribution in [3.63, 3.8) is 0 Å². The van der Waals surface area contributed by atoms with E-state index in [1.807, 2.05) is 0 Å². The van der Waals surface area contributed by atoms with E-state index in [-0.39, 0.29) is 23.7 Å². The molecule has 1 atom stereocenters. The summed E-state index contributed by atoms with van der Waals surface area (Å²) in [6, 6.07) is 18.1. The number of esters is 1. The average Bonchev–Trinajstić information content (AvgIpc) is 3.21. The minimum atomic E-state index is -1.14. The molecule has 1 fully saturated rings. The Bertz CT molecular complexity index is 1460. The van der Waals surface area contributed by atoms with Gasteiger partial charge in [-0.1, -0.05) is 6.07 Å². The lowest BCUT2D eigenvalue weighted by molar-refractivity contribution is -0.124. The second-order valence-electron chi connectivity index (χ2n) is 8.76.